The molecule has 1 spiro atoms. The van der Waals surface area contributed by atoms with E-state index in [1.165, 1.54) is 12.3 Å². The number of piperidine rings is 1. The van der Waals surface area contributed by atoms with E-state index < -0.39 is 17.4 Å². The van der Waals surface area contributed by atoms with Crippen molar-refractivity contribution in [3.05, 3.63) is 53.9 Å². The standard InChI is InChI=1S/C19H19F2N3O3/c20-15-3-1-13(11-16(15)21)23-14-2-4-17(22-12-14)18(25)24-7-5-19(6-8-24)26-9-10-27-19/h1-4,11-12,23H,5-10H2. The molecule has 4 rings (SSSR count). The Labute approximate surface area is 155 Å². The van der Waals surface area contributed by atoms with Crippen molar-refractivity contribution in [1.29, 1.82) is 0 Å². The Hall–Kier alpha value is -2.58. The van der Waals surface area contributed by atoms with Gasteiger partial charge in [0.2, 0.25) is 0 Å². The third-order valence-electron chi connectivity index (χ3n) is 4.82. The maximum atomic E-state index is 13.3. The number of anilines is 2. The number of likely N-dealkylation sites (tertiary alicyclic amines) is 1. The van der Waals surface area contributed by atoms with E-state index in [1.54, 1.807) is 17.0 Å². The lowest BCUT2D eigenvalue weighted by atomic mass is 10.0. The predicted octanol–water partition coefficient (Wildman–Crippen LogP) is 3.08. The molecule has 0 aliphatic carbocycles. The molecule has 8 heteroatoms. The third kappa shape index (κ3) is 3.77. The number of carbonyl (C=O) groups is 1. The van der Waals surface area contributed by atoms with Crippen LogP contribution in [-0.2, 0) is 9.47 Å². The van der Waals surface area contributed by atoms with Crippen molar-refractivity contribution in [3.63, 3.8) is 0 Å². The van der Waals surface area contributed by atoms with Gasteiger partial charge in [-0.25, -0.2) is 13.8 Å². The van der Waals surface area contributed by atoms with E-state index in [-0.39, 0.29) is 5.91 Å². The smallest absolute Gasteiger partial charge is 0.272 e. The first kappa shape index (κ1) is 17.8. The SMILES string of the molecule is O=C(c1ccc(Nc2ccc(F)c(F)c2)cn1)N1CCC2(CC1)OCCO2. The molecule has 27 heavy (non-hydrogen) atoms. The van der Waals surface area contributed by atoms with Gasteiger partial charge in [0.1, 0.15) is 5.69 Å². The maximum Gasteiger partial charge on any atom is 0.272 e. The highest BCUT2D eigenvalue weighted by molar-refractivity contribution is 5.92. The van der Waals surface area contributed by atoms with Crippen LogP contribution in [0.15, 0.2) is 36.5 Å². The molecule has 3 heterocycles. The number of nitrogens with one attached hydrogen (secondary N) is 1. The van der Waals surface area contributed by atoms with E-state index in [4.69, 9.17) is 9.47 Å². The second kappa shape index (κ2) is 7.21. The summed E-state index contributed by atoms with van der Waals surface area (Å²) in [4.78, 5) is 18.6. The Morgan fingerprint density at radius 2 is 1.74 bits per heavy atom. The van der Waals surface area contributed by atoms with Gasteiger partial charge in [0.15, 0.2) is 17.4 Å². The fraction of sp³-hybridized carbons (Fsp3) is 0.368. The lowest BCUT2D eigenvalue weighted by molar-refractivity contribution is -0.181. The molecule has 2 aromatic rings. The average molecular weight is 375 g/mol. The van der Waals surface area contributed by atoms with Crippen molar-refractivity contribution in [2.24, 2.45) is 0 Å². The highest BCUT2D eigenvalue weighted by Crippen LogP contribution is 2.31. The van der Waals surface area contributed by atoms with E-state index in [9.17, 15) is 13.6 Å². The maximum absolute atomic E-state index is 13.3. The van der Waals surface area contributed by atoms with Crippen LogP contribution in [0.25, 0.3) is 0 Å². The minimum absolute atomic E-state index is 0.151. The molecule has 1 amide bonds. The van der Waals surface area contributed by atoms with Gasteiger partial charge in [-0.2, -0.15) is 0 Å². The fourth-order valence-electron chi connectivity index (χ4n) is 3.33. The second-order valence-corrected chi connectivity index (χ2v) is 6.59. The molecular weight excluding hydrogens is 356 g/mol. The average Bonchev–Trinajstić information content (AvgIpc) is 3.13. The van der Waals surface area contributed by atoms with Crippen molar-refractivity contribution < 1.29 is 23.0 Å². The van der Waals surface area contributed by atoms with Gasteiger partial charge in [-0.05, 0) is 24.3 Å². The van der Waals surface area contributed by atoms with Gasteiger partial charge in [0.05, 0.1) is 25.1 Å². The molecule has 1 aromatic heterocycles. The minimum Gasteiger partial charge on any atom is -0.354 e. The molecule has 2 saturated heterocycles. The predicted molar refractivity (Wildman–Crippen MR) is 93.7 cm³/mol. The summed E-state index contributed by atoms with van der Waals surface area (Å²) in [5, 5.41) is 2.92. The van der Waals surface area contributed by atoms with Crippen LogP contribution in [0.5, 0.6) is 0 Å². The van der Waals surface area contributed by atoms with Gasteiger partial charge in [-0.1, -0.05) is 0 Å². The Morgan fingerprint density at radius 3 is 2.37 bits per heavy atom. The zero-order valence-electron chi connectivity index (χ0n) is 14.6. The first-order valence-electron chi connectivity index (χ1n) is 8.80. The van der Waals surface area contributed by atoms with E-state index in [2.05, 4.69) is 10.3 Å². The summed E-state index contributed by atoms with van der Waals surface area (Å²) < 4.78 is 37.6. The van der Waals surface area contributed by atoms with Gasteiger partial charge in [-0.3, -0.25) is 4.79 Å². The van der Waals surface area contributed by atoms with Crippen LogP contribution in [0.1, 0.15) is 23.3 Å². The van der Waals surface area contributed by atoms with Crippen LogP contribution >= 0.6 is 0 Å². The quantitative estimate of drug-likeness (QED) is 0.893. The number of hydrogen-bond donors (Lipinski definition) is 1. The minimum atomic E-state index is -0.933. The Bertz CT molecular complexity index is 829. The van der Waals surface area contributed by atoms with Crippen molar-refractivity contribution in [3.8, 4) is 0 Å². The second-order valence-electron chi connectivity index (χ2n) is 6.59. The molecule has 6 nitrogen and oxygen atoms in total. The van der Waals surface area contributed by atoms with Crippen LogP contribution < -0.4 is 5.32 Å². The van der Waals surface area contributed by atoms with Crippen molar-refractivity contribution >= 4 is 17.3 Å². The number of rotatable bonds is 3. The number of ether oxygens (including phenoxy) is 2. The van der Waals surface area contributed by atoms with Gasteiger partial charge >= 0.3 is 0 Å². The summed E-state index contributed by atoms with van der Waals surface area (Å²) in [6, 6.07) is 6.82. The monoisotopic (exact) mass is 375 g/mol. The van der Waals surface area contributed by atoms with E-state index in [0.717, 1.165) is 12.1 Å². The lowest BCUT2D eigenvalue weighted by Gasteiger charge is -2.37. The van der Waals surface area contributed by atoms with Crippen LogP contribution in [0, 0.1) is 11.6 Å². The molecule has 1 aromatic carbocycles. The van der Waals surface area contributed by atoms with Crippen molar-refractivity contribution in [1.82, 2.24) is 9.88 Å². The molecule has 2 aliphatic heterocycles. The number of nitrogens with zero attached hydrogens (tertiary/aromatic N) is 2. The zero-order valence-corrected chi connectivity index (χ0v) is 14.6. The van der Waals surface area contributed by atoms with Gasteiger partial charge in [0.25, 0.3) is 5.91 Å². The molecule has 0 unspecified atom stereocenters. The number of pyridine rings is 1. The highest BCUT2D eigenvalue weighted by Gasteiger charge is 2.40. The first-order valence-corrected chi connectivity index (χ1v) is 8.80. The summed E-state index contributed by atoms with van der Waals surface area (Å²) >= 11 is 0. The summed E-state index contributed by atoms with van der Waals surface area (Å²) in [6.45, 7) is 2.30. The topological polar surface area (TPSA) is 63.7 Å². The number of amides is 1. The third-order valence-corrected chi connectivity index (χ3v) is 4.82. The molecule has 1 N–H and O–H groups in total. The van der Waals surface area contributed by atoms with Crippen LogP contribution in [-0.4, -0.2) is 47.9 Å². The summed E-state index contributed by atoms with van der Waals surface area (Å²) in [5.41, 5.74) is 1.30. The molecule has 0 bridgehead atoms. The summed E-state index contributed by atoms with van der Waals surface area (Å²) in [7, 11) is 0. The van der Waals surface area contributed by atoms with E-state index >= 15 is 0 Å². The molecule has 0 atom stereocenters. The molecule has 0 radical (unpaired) electrons. The Morgan fingerprint density at radius 1 is 1.04 bits per heavy atom. The highest BCUT2D eigenvalue weighted by atomic mass is 19.2. The van der Waals surface area contributed by atoms with Crippen molar-refractivity contribution in [2.45, 2.75) is 18.6 Å². The van der Waals surface area contributed by atoms with Crippen molar-refractivity contribution in [2.75, 3.05) is 31.6 Å². The van der Waals surface area contributed by atoms with Gasteiger partial charge in [-0.15, -0.1) is 0 Å². The van der Waals surface area contributed by atoms with Crippen LogP contribution in [0.3, 0.4) is 0 Å². The lowest BCUT2D eigenvalue weighted by Crippen LogP contribution is -2.47. The molecule has 142 valence electrons. The summed E-state index contributed by atoms with van der Waals surface area (Å²) in [6.07, 6.45) is 2.78. The number of aromatic nitrogens is 1. The van der Waals surface area contributed by atoms with Gasteiger partial charge < -0.3 is 19.7 Å². The Kier molecular flexibility index (Phi) is 4.75. The Balaban J connectivity index is 1.38. The molecule has 0 saturated carbocycles. The van der Waals surface area contributed by atoms with Gasteiger partial charge in [0, 0.05) is 37.7 Å². The largest absolute Gasteiger partial charge is 0.354 e. The van der Waals surface area contributed by atoms with E-state index in [0.29, 0.717) is 56.2 Å². The summed E-state index contributed by atoms with van der Waals surface area (Å²) in [5.74, 6) is -2.51. The zero-order chi connectivity index (χ0) is 18.9. The van der Waals surface area contributed by atoms with E-state index in [1.807, 2.05) is 0 Å². The number of hydrogen-bond acceptors (Lipinski definition) is 5. The molecule has 2 aliphatic rings. The molecular formula is C19H19F2N3O3. The van der Waals surface area contributed by atoms with Crippen LogP contribution in [0.2, 0.25) is 0 Å². The number of halogens is 2. The molecule has 2 fully saturated rings. The number of benzene rings is 1. The normalized spacial score (nSPS) is 18.7. The number of carbonyl (C=O) groups excluding carboxylic acids is 1. The fourth-order valence-corrected chi connectivity index (χ4v) is 3.33. The first-order chi connectivity index (χ1) is 13.0. The van der Waals surface area contributed by atoms with Crippen LogP contribution in [0.4, 0.5) is 20.2 Å².